The van der Waals surface area contributed by atoms with Crippen LogP contribution in [0, 0.1) is 11.8 Å². The Morgan fingerprint density at radius 1 is 1.24 bits per heavy atom. The number of amides is 1. The third-order valence-corrected chi connectivity index (χ3v) is 2.68. The van der Waals surface area contributed by atoms with Gasteiger partial charge in [0.25, 0.3) is 0 Å². The van der Waals surface area contributed by atoms with Crippen molar-refractivity contribution in [1.29, 1.82) is 0 Å². The number of benzene rings is 1. The van der Waals surface area contributed by atoms with Gasteiger partial charge >= 0.3 is 6.09 Å². The minimum atomic E-state index is -0.470. The summed E-state index contributed by atoms with van der Waals surface area (Å²) in [6, 6.07) is 7.90. The maximum Gasteiger partial charge on any atom is 0.407 e. The molecule has 3 nitrogen and oxygen atoms in total. The van der Waals surface area contributed by atoms with Crippen LogP contribution in [-0.4, -0.2) is 11.7 Å². The van der Waals surface area contributed by atoms with Crippen molar-refractivity contribution in [3.05, 3.63) is 35.4 Å². The number of carbonyl (C=O) groups is 1. The zero-order valence-electron chi connectivity index (χ0n) is 13.5. The third-order valence-electron chi connectivity index (χ3n) is 2.68. The summed E-state index contributed by atoms with van der Waals surface area (Å²) in [7, 11) is 0. The van der Waals surface area contributed by atoms with Gasteiger partial charge in [-0.05, 0) is 44.9 Å². The zero-order valence-corrected chi connectivity index (χ0v) is 13.5. The van der Waals surface area contributed by atoms with Gasteiger partial charge in [0.2, 0.25) is 0 Å². The lowest BCUT2D eigenvalue weighted by Crippen LogP contribution is -2.32. The van der Waals surface area contributed by atoms with Crippen molar-refractivity contribution < 1.29 is 9.53 Å². The molecule has 0 atom stereocenters. The average molecular weight is 287 g/mol. The number of nitrogens with one attached hydrogen (secondary N) is 1. The van der Waals surface area contributed by atoms with E-state index in [9.17, 15) is 4.79 Å². The summed E-state index contributed by atoms with van der Waals surface area (Å²) >= 11 is 0. The maximum absolute atomic E-state index is 11.5. The Bertz CT molecular complexity index is 501. The van der Waals surface area contributed by atoms with Crippen molar-refractivity contribution in [2.24, 2.45) is 0 Å². The van der Waals surface area contributed by atoms with E-state index in [4.69, 9.17) is 4.74 Å². The Balaban J connectivity index is 2.44. The van der Waals surface area contributed by atoms with Crippen molar-refractivity contribution in [3.8, 4) is 11.8 Å². The summed E-state index contributed by atoms with van der Waals surface area (Å²) in [5.41, 5.74) is 1.56. The molecule has 3 heteroatoms. The molecule has 0 bridgehead atoms. The highest BCUT2D eigenvalue weighted by atomic mass is 16.6. The fraction of sp³-hybridized carbons (Fsp3) is 0.500. The molecule has 0 aliphatic carbocycles. The SMILES string of the molecule is CCCCC#Cc1ccc(CNC(=O)OC(C)(C)C)cc1. The second-order valence-electron chi connectivity index (χ2n) is 5.96. The van der Waals surface area contributed by atoms with Gasteiger partial charge in [0.1, 0.15) is 5.60 Å². The number of alkyl carbamates (subject to hydrolysis) is 1. The molecule has 0 heterocycles. The predicted octanol–water partition coefficient (Wildman–Crippen LogP) is 4.25. The van der Waals surface area contributed by atoms with E-state index in [1.807, 2.05) is 45.0 Å². The predicted molar refractivity (Wildman–Crippen MR) is 85.9 cm³/mol. The fourth-order valence-electron chi connectivity index (χ4n) is 1.62. The Kier molecular flexibility index (Phi) is 6.81. The smallest absolute Gasteiger partial charge is 0.407 e. The standard InChI is InChI=1S/C18H25NO2/c1-5-6-7-8-9-15-10-12-16(13-11-15)14-19-17(20)21-18(2,3)4/h10-13H,5-7,14H2,1-4H3,(H,19,20). The van der Waals surface area contributed by atoms with Gasteiger partial charge in [-0.25, -0.2) is 4.79 Å². The lowest BCUT2D eigenvalue weighted by Gasteiger charge is -2.19. The van der Waals surface area contributed by atoms with Crippen molar-refractivity contribution in [3.63, 3.8) is 0 Å². The van der Waals surface area contributed by atoms with E-state index in [0.717, 1.165) is 24.0 Å². The summed E-state index contributed by atoms with van der Waals surface area (Å²) in [4.78, 5) is 11.5. The molecular formula is C18H25NO2. The van der Waals surface area contributed by atoms with E-state index in [1.54, 1.807) is 0 Å². The van der Waals surface area contributed by atoms with E-state index >= 15 is 0 Å². The number of unbranched alkanes of at least 4 members (excludes halogenated alkanes) is 2. The molecule has 1 N–H and O–H groups in total. The highest BCUT2D eigenvalue weighted by molar-refractivity contribution is 5.67. The first-order valence-corrected chi connectivity index (χ1v) is 7.45. The summed E-state index contributed by atoms with van der Waals surface area (Å²) in [5.74, 6) is 6.30. The van der Waals surface area contributed by atoms with Crippen molar-refractivity contribution >= 4 is 6.09 Å². The molecule has 21 heavy (non-hydrogen) atoms. The molecule has 0 saturated carbocycles. The summed E-state index contributed by atoms with van der Waals surface area (Å²) in [5, 5.41) is 2.74. The molecule has 0 aliphatic heterocycles. The van der Waals surface area contributed by atoms with Gasteiger partial charge in [0.15, 0.2) is 0 Å². The van der Waals surface area contributed by atoms with Crippen molar-refractivity contribution in [2.45, 2.75) is 59.1 Å². The monoisotopic (exact) mass is 287 g/mol. The van der Waals surface area contributed by atoms with Crippen LogP contribution in [0.5, 0.6) is 0 Å². The van der Waals surface area contributed by atoms with Crippen LogP contribution in [-0.2, 0) is 11.3 Å². The molecule has 114 valence electrons. The summed E-state index contributed by atoms with van der Waals surface area (Å²) in [6.45, 7) is 8.16. The average Bonchev–Trinajstić information content (AvgIpc) is 2.41. The van der Waals surface area contributed by atoms with Crippen molar-refractivity contribution in [2.75, 3.05) is 0 Å². The van der Waals surface area contributed by atoms with Crippen molar-refractivity contribution in [1.82, 2.24) is 5.32 Å². The van der Waals surface area contributed by atoms with Gasteiger partial charge in [-0.3, -0.25) is 0 Å². The van der Waals surface area contributed by atoms with E-state index in [2.05, 4.69) is 24.1 Å². The van der Waals surface area contributed by atoms with Gasteiger partial charge in [-0.15, -0.1) is 0 Å². The van der Waals surface area contributed by atoms with Crippen LogP contribution in [0.4, 0.5) is 4.79 Å². The van der Waals surface area contributed by atoms with Crippen LogP contribution in [0.3, 0.4) is 0 Å². The number of rotatable bonds is 4. The Labute approximate surface area is 128 Å². The van der Waals surface area contributed by atoms with E-state index in [-0.39, 0.29) is 0 Å². The molecule has 0 saturated heterocycles. The largest absolute Gasteiger partial charge is 0.444 e. The van der Waals surface area contributed by atoms with Gasteiger partial charge in [-0.2, -0.15) is 0 Å². The highest BCUT2D eigenvalue weighted by Crippen LogP contribution is 2.07. The molecule has 1 rings (SSSR count). The molecule has 0 unspecified atom stereocenters. The van der Waals surface area contributed by atoms with Crippen LogP contribution in [0.15, 0.2) is 24.3 Å². The summed E-state index contributed by atoms with van der Waals surface area (Å²) < 4.78 is 5.19. The zero-order chi connectivity index (χ0) is 15.7. The number of hydrogen-bond acceptors (Lipinski definition) is 2. The minimum absolute atomic E-state index is 0.397. The Morgan fingerprint density at radius 3 is 2.48 bits per heavy atom. The van der Waals surface area contributed by atoms with E-state index in [1.165, 1.54) is 6.42 Å². The highest BCUT2D eigenvalue weighted by Gasteiger charge is 2.15. The lowest BCUT2D eigenvalue weighted by molar-refractivity contribution is 0.0523. The molecule has 0 aliphatic rings. The van der Waals surface area contributed by atoms with E-state index < -0.39 is 11.7 Å². The Morgan fingerprint density at radius 2 is 1.90 bits per heavy atom. The van der Waals surface area contributed by atoms with Crippen LogP contribution in [0.2, 0.25) is 0 Å². The number of hydrogen-bond donors (Lipinski definition) is 1. The van der Waals surface area contributed by atoms with Crippen LogP contribution < -0.4 is 5.32 Å². The topological polar surface area (TPSA) is 38.3 Å². The first-order chi connectivity index (χ1) is 9.90. The van der Waals surface area contributed by atoms with Crippen LogP contribution >= 0.6 is 0 Å². The third kappa shape index (κ3) is 8.04. The first-order valence-electron chi connectivity index (χ1n) is 7.45. The maximum atomic E-state index is 11.5. The quantitative estimate of drug-likeness (QED) is 0.664. The van der Waals surface area contributed by atoms with Gasteiger partial charge < -0.3 is 10.1 Å². The summed E-state index contributed by atoms with van der Waals surface area (Å²) in [6.07, 6.45) is 2.86. The molecule has 0 radical (unpaired) electrons. The Hall–Kier alpha value is -1.95. The second-order valence-corrected chi connectivity index (χ2v) is 5.96. The van der Waals surface area contributed by atoms with Crippen LogP contribution in [0.1, 0.15) is 58.1 Å². The van der Waals surface area contributed by atoms with Crippen LogP contribution in [0.25, 0.3) is 0 Å². The fourth-order valence-corrected chi connectivity index (χ4v) is 1.62. The van der Waals surface area contributed by atoms with Gasteiger partial charge in [0.05, 0.1) is 0 Å². The molecular weight excluding hydrogens is 262 g/mol. The van der Waals surface area contributed by atoms with E-state index in [0.29, 0.717) is 6.54 Å². The minimum Gasteiger partial charge on any atom is -0.444 e. The first kappa shape index (κ1) is 17.1. The molecule has 1 aromatic carbocycles. The van der Waals surface area contributed by atoms with Gasteiger partial charge in [0, 0.05) is 18.5 Å². The normalized spacial score (nSPS) is 10.5. The second kappa shape index (κ2) is 8.36. The molecule has 0 fully saturated rings. The number of ether oxygens (including phenoxy) is 1. The molecule has 0 aromatic heterocycles. The lowest BCUT2D eigenvalue weighted by atomic mass is 10.1. The molecule has 0 spiro atoms. The molecule has 1 amide bonds. The van der Waals surface area contributed by atoms with Gasteiger partial charge in [-0.1, -0.05) is 37.3 Å². The molecule has 1 aromatic rings. The number of carbonyl (C=O) groups excluding carboxylic acids is 1.